The van der Waals surface area contributed by atoms with E-state index >= 15 is 0 Å². The Labute approximate surface area is 239 Å². The molecule has 2 aliphatic rings. The van der Waals surface area contributed by atoms with Crippen molar-refractivity contribution in [2.75, 3.05) is 30.4 Å². The Morgan fingerprint density at radius 2 is 1.88 bits per heavy atom. The van der Waals surface area contributed by atoms with E-state index in [9.17, 15) is 9.59 Å². The average Bonchev–Trinajstić information content (AvgIpc) is 3.32. The molecule has 4 aromatic rings. The lowest BCUT2D eigenvalue weighted by atomic mass is 9.94. The van der Waals surface area contributed by atoms with E-state index in [0.717, 1.165) is 41.9 Å². The molecular weight excluding hydrogens is 522 g/mol. The molecule has 0 radical (unpaired) electrons. The molecule has 2 unspecified atom stereocenters. The van der Waals surface area contributed by atoms with Crippen LogP contribution in [0.2, 0.25) is 0 Å². The summed E-state index contributed by atoms with van der Waals surface area (Å²) in [5.41, 5.74) is 2.86. The van der Waals surface area contributed by atoms with Gasteiger partial charge in [0.2, 0.25) is 0 Å². The molecule has 0 aliphatic carbocycles. The van der Waals surface area contributed by atoms with E-state index in [2.05, 4.69) is 34.5 Å². The Balaban J connectivity index is 0.00000158. The molecule has 2 aromatic carbocycles. The van der Waals surface area contributed by atoms with Crippen LogP contribution in [-0.2, 0) is 0 Å². The van der Waals surface area contributed by atoms with Crippen LogP contribution in [0.1, 0.15) is 42.4 Å². The molecule has 3 amide bonds. The molecule has 208 valence electrons. The first-order valence-corrected chi connectivity index (χ1v) is 14.6. The summed E-state index contributed by atoms with van der Waals surface area (Å²) < 4.78 is 5.97. The summed E-state index contributed by atoms with van der Waals surface area (Å²) in [6.45, 7) is 9.99. The van der Waals surface area contributed by atoms with E-state index in [1.54, 1.807) is 11.1 Å². The molecule has 2 aromatic heterocycles. The van der Waals surface area contributed by atoms with E-state index in [-0.39, 0.29) is 18.0 Å². The fourth-order valence-electron chi connectivity index (χ4n) is 5.35. The van der Waals surface area contributed by atoms with Gasteiger partial charge in [-0.3, -0.25) is 9.69 Å². The lowest BCUT2D eigenvalue weighted by Gasteiger charge is -2.35. The zero-order valence-corrected chi connectivity index (χ0v) is 24.3. The van der Waals surface area contributed by atoms with Crippen LogP contribution in [0.5, 0.6) is 11.5 Å². The van der Waals surface area contributed by atoms with E-state index < -0.39 is 0 Å². The van der Waals surface area contributed by atoms with Crippen molar-refractivity contribution in [2.45, 2.75) is 40.2 Å². The second kappa shape index (κ2) is 11.7. The summed E-state index contributed by atoms with van der Waals surface area (Å²) in [6, 6.07) is 16.8. The SMILES string of the molecule is CC.Cc1cc(Oc2ccccc2)ccc1N1C(=O)Nc2c(C(=O)NC3CCN(C)CC3C)sc3nccc1c23. The molecule has 9 heteroatoms. The van der Waals surface area contributed by atoms with Crippen molar-refractivity contribution in [2.24, 2.45) is 5.92 Å². The molecule has 1 saturated heterocycles. The monoisotopic (exact) mass is 557 g/mol. The summed E-state index contributed by atoms with van der Waals surface area (Å²) in [7, 11) is 2.10. The second-order valence-electron chi connectivity index (χ2n) is 10.1. The Kier molecular flexibility index (Phi) is 8.04. The van der Waals surface area contributed by atoms with Crippen LogP contribution in [0, 0.1) is 12.8 Å². The molecule has 1 fully saturated rings. The molecule has 2 aliphatic heterocycles. The van der Waals surface area contributed by atoms with Crippen molar-refractivity contribution < 1.29 is 14.3 Å². The molecule has 2 N–H and O–H groups in total. The van der Waals surface area contributed by atoms with E-state index in [0.29, 0.717) is 32.7 Å². The molecule has 2 atom stereocenters. The number of urea groups is 1. The highest BCUT2D eigenvalue weighted by atomic mass is 32.1. The molecule has 6 rings (SSSR count). The second-order valence-corrected chi connectivity index (χ2v) is 11.1. The van der Waals surface area contributed by atoms with Gasteiger partial charge in [-0.1, -0.05) is 39.0 Å². The van der Waals surface area contributed by atoms with Crippen molar-refractivity contribution >= 4 is 50.6 Å². The lowest BCUT2D eigenvalue weighted by molar-refractivity contribution is 0.0889. The number of carbonyl (C=O) groups is 2. The number of aromatic nitrogens is 1. The Morgan fingerprint density at radius 1 is 1.10 bits per heavy atom. The number of piperidine rings is 1. The number of hydrogen-bond acceptors (Lipinski definition) is 6. The van der Waals surface area contributed by atoms with Gasteiger partial charge in [-0.2, -0.15) is 0 Å². The summed E-state index contributed by atoms with van der Waals surface area (Å²) in [6.07, 6.45) is 2.59. The third kappa shape index (κ3) is 5.26. The molecule has 40 heavy (non-hydrogen) atoms. The van der Waals surface area contributed by atoms with Gasteiger partial charge >= 0.3 is 6.03 Å². The predicted octanol–water partition coefficient (Wildman–Crippen LogP) is 7.18. The number of thiophene rings is 1. The topological polar surface area (TPSA) is 86.8 Å². The number of hydrogen-bond donors (Lipinski definition) is 2. The van der Waals surface area contributed by atoms with Gasteiger partial charge < -0.3 is 20.3 Å². The minimum absolute atomic E-state index is 0.0959. The first kappa shape index (κ1) is 27.6. The van der Waals surface area contributed by atoms with E-state index in [4.69, 9.17) is 4.74 Å². The minimum atomic E-state index is -0.315. The highest BCUT2D eigenvalue weighted by Crippen LogP contribution is 2.46. The lowest BCUT2D eigenvalue weighted by Crippen LogP contribution is -2.48. The maximum absolute atomic E-state index is 13.5. The number of amides is 3. The van der Waals surface area contributed by atoms with Crippen LogP contribution in [0.4, 0.5) is 21.9 Å². The fourth-order valence-corrected chi connectivity index (χ4v) is 6.38. The number of para-hydroxylation sites is 1. The molecule has 0 saturated carbocycles. The molecular formula is C31H35N5O3S. The van der Waals surface area contributed by atoms with Gasteiger partial charge in [0, 0.05) is 18.8 Å². The molecule has 8 nitrogen and oxygen atoms in total. The average molecular weight is 558 g/mol. The zero-order chi connectivity index (χ0) is 28.4. The summed E-state index contributed by atoms with van der Waals surface area (Å²) in [5.74, 6) is 1.62. The van der Waals surface area contributed by atoms with Gasteiger partial charge in [0.05, 0.1) is 22.4 Å². The standard InChI is InChI=1S/C29H29N5O3S.C2H6/c1-17-15-20(37-19-7-5-4-6-8-19)9-10-22(17)34-23-11-13-30-28-24(23)25(32-29(34)36)26(38-28)27(35)31-21-12-14-33(3)16-18(21)2;1-2/h4-11,13,15,18,21H,12,14,16H2,1-3H3,(H,31,35)(H,32,36);1-2H3. The molecule has 4 heterocycles. The van der Waals surface area contributed by atoms with Gasteiger partial charge in [-0.15, -0.1) is 11.3 Å². The van der Waals surface area contributed by atoms with Gasteiger partial charge in [0.1, 0.15) is 21.2 Å². The predicted molar refractivity (Wildman–Crippen MR) is 162 cm³/mol. The number of nitrogens with one attached hydrogen (secondary N) is 2. The van der Waals surface area contributed by atoms with Crippen molar-refractivity contribution in [3.63, 3.8) is 0 Å². The minimum Gasteiger partial charge on any atom is -0.457 e. The van der Waals surface area contributed by atoms with E-state index in [1.807, 2.05) is 75.4 Å². The van der Waals surface area contributed by atoms with Crippen molar-refractivity contribution in [1.29, 1.82) is 0 Å². The first-order valence-electron chi connectivity index (χ1n) is 13.7. The molecule has 0 bridgehead atoms. The number of pyridine rings is 1. The smallest absolute Gasteiger partial charge is 0.331 e. The number of likely N-dealkylation sites (tertiary alicyclic amines) is 1. The maximum atomic E-state index is 13.5. The Bertz CT molecular complexity index is 1540. The number of aryl methyl sites for hydroxylation is 1. The summed E-state index contributed by atoms with van der Waals surface area (Å²) >= 11 is 1.31. The van der Waals surface area contributed by atoms with Crippen LogP contribution in [-0.4, -0.2) is 48.0 Å². The number of nitrogens with zero attached hydrogens (tertiary/aromatic N) is 3. The largest absolute Gasteiger partial charge is 0.457 e. The number of anilines is 3. The number of benzene rings is 2. The van der Waals surface area contributed by atoms with Gasteiger partial charge in [-0.25, -0.2) is 9.78 Å². The van der Waals surface area contributed by atoms with Crippen LogP contribution >= 0.6 is 11.3 Å². The quantitative estimate of drug-likeness (QED) is 0.272. The summed E-state index contributed by atoms with van der Waals surface area (Å²) in [4.78, 5) is 36.6. The third-order valence-corrected chi connectivity index (χ3v) is 8.36. The first-order chi connectivity index (χ1) is 19.4. The Morgan fingerprint density at radius 3 is 2.60 bits per heavy atom. The third-order valence-electron chi connectivity index (χ3n) is 7.27. The van der Waals surface area contributed by atoms with Crippen LogP contribution in [0.3, 0.4) is 0 Å². The van der Waals surface area contributed by atoms with Crippen LogP contribution in [0.25, 0.3) is 10.2 Å². The number of rotatable bonds is 5. The highest BCUT2D eigenvalue weighted by Gasteiger charge is 2.34. The van der Waals surface area contributed by atoms with Gasteiger partial charge in [0.15, 0.2) is 0 Å². The Hall–Kier alpha value is -3.95. The van der Waals surface area contributed by atoms with Crippen LogP contribution < -0.4 is 20.3 Å². The molecule has 0 spiro atoms. The normalized spacial score (nSPS) is 18.5. The summed E-state index contributed by atoms with van der Waals surface area (Å²) in [5, 5.41) is 6.99. The fraction of sp³-hybridized carbons (Fsp3) is 0.323. The van der Waals surface area contributed by atoms with Gasteiger partial charge in [0.25, 0.3) is 5.91 Å². The van der Waals surface area contributed by atoms with Crippen LogP contribution in [0.15, 0.2) is 60.8 Å². The number of ether oxygens (including phenoxy) is 1. The highest BCUT2D eigenvalue weighted by molar-refractivity contribution is 7.21. The van der Waals surface area contributed by atoms with Crippen molar-refractivity contribution in [1.82, 2.24) is 15.2 Å². The van der Waals surface area contributed by atoms with Crippen molar-refractivity contribution in [3.05, 3.63) is 71.2 Å². The van der Waals surface area contributed by atoms with Crippen molar-refractivity contribution in [3.8, 4) is 11.5 Å². The maximum Gasteiger partial charge on any atom is 0.331 e. The zero-order valence-electron chi connectivity index (χ0n) is 23.5. The number of carbonyl (C=O) groups excluding carboxylic acids is 2. The van der Waals surface area contributed by atoms with Gasteiger partial charge in [-0.05, 0) is 74.8 Å². The van der Waals surface area contributed by atoms with E-state index in [1.165, 1.54) is 11.3 Å².